The van der Waals surface area contributed by atoms with Gasteiger partial charge in [0.15, 0.2) is 6.10 Å². The fourth-order valence-corrected chi connectivity index (χ4v) is 3.49. The Morgan fingerprint density at radius 1 is 1.35 bits per heavy atom. The second-order valence-electron chi connectivity index (χ2n) is 5.98. The molecule has 1 heterocycles. The first-order valence-corrected chi connectivity index (χ1v) is 7.79. The fraction of sp³-hybridized carbons (Fsp3) is 0.909. The van der Waals surface area contributed by atoms with Crippen LogP contribution in [-0.2, 0) is 14.9 Å². The number of fused-ring (bicyclic) bond motifs is 1. The molecule has 1 N–H and O–H groups in total. The molecule has 5 nitrogen and oxygen atoms in total. The van der Waals surface area contributed by atoms with Gasteiger partial charge in [-0.05, 0) is 12.8 Å². The Balaban J connectivity index is 2.10. The SMILES string of the molecule is CC(C)(C)C1=NO[C@H]2[C@@H](NS(C)(=O)=O)CC[C@@H]12. The number of hydrogen-bond donors (Lipinski definition) is 1. The summed E-state index contributed by atoms with van der Waals surface area (Å²) in [4.78, 5) is 5.44. The summed E-state index contributed by atoms with van der Waals surface area (Å²) in [6.45, 7) is 6.32. The molecule has 3 atom stereocenters. The van der Waals surface area contributed by atoms with Crippen LogP contribution in [-0.4, -0.2) is 32.5 Å². The molecule has 0 amide bonds. The van der Waals surface area contributed by atoms with E-state index in [2.05, 4.69) is 30.6 Å². The van der Waals surface area contributed by atoms with E-state index in [0.717, 1.165) is 18.6 Å². The zero-order chi connectivity index (χ0) is 12.8. The molecule has 0 aromatic carbocycles. The van der Waals surface area contributed by atoms with Crippen molar-refractivity contribution < 1.29 is 13.3 Å². The first-order chi connectivity index (χ1) is 7.68. The summed E-state index contributed by atoms with van der Waals surface area (Å²) < 4.78 is 25.1. The molecule has 0 aromatic rings. The van der Waals surface area contributed by atoms with Crippen LogP contribution in [0.3, 0.4) is 0 Å². The van der Waals surface area contributed by atoms with E-state index in [4.69, 9.17) is 4.84 Å². The average Bonchev–Trinajstić information content (AvgIpc) is 2.63. The van der Waals surface area contributed by atoms with Crippen molar-refractivity contribution in [3.8, 4) is 0 Å². The van der Waals surface area contributed by atoms with E-state index in [9.17, 15) is 8.42 Å². The molecule has 1 fully saturated rings. The maximum Gasteiger partial charge on any atom is 0.209 e. The Kier molecular flexibility index (Phi) is 2.98. The lowest BCUT2D eigenvalue weighted by Gasteiger charge is -2.22. The Bertz CT molecular complexity index is 436. The van der Waals surface area contributed by atoms with Gasteiger partial charge in [-0.3, -0.25) is 0 Å². The number of hydrogen-bond acceptors (Lipinski definition) is 4. The van der Waals surface area contributed by atoms with Gasteiger partial charge in [0.05, 0.1) is 18.0 Å². The Morgan fingerprint density at radius 3 is 2.53 bits per heavy atom. The number of sulfonamides is 1. The van der Waals surface area contributed by atoms with Crippen molar-refractivity contribution in [2.75, 3.05) is 6.26 Å². The van der Waals surface area contributed by atoms with Crippen molar-refractivity contribution in [3.05, 3.63) is 0 Å². The quantitative estimate of drug-likeness (QED) is 0.809. The van der Waals surface area contributed by atoms with Gasteiger partial charge in [-0.25, -0.2) is 13.1 Å². The molecule has 17 heavy (non-hydrogen) atoms. The first kappa shape index (κ1) is 12.8. The molecule has 2 rings (SSSR count). The maximum absolute atomic E-state index is 11.3. The topological polar surface area (TPSA) is 67.8 Å². The Morgan fingerprint density at radius 2 is 2.00 bits per heavy atom. The van der Waals surface area contributed by atoms with Crippen LogP contribution in [0.15, 0.2) is 5.16 Å². The molecule has 0 saturated heterocycles. The van der Waals surface area contributed by atoms with Crippen molar-refractivity contribution in [2.45, 2.75) is 45.8 Å². The lowest BCUT2D eigenvalue weighted by atomic mass is 9.81. The van der Waals surface area contributed by atoms with E-state index in [1.54, 1.807) is 0 Å². The molecule has 98 valence electrons. The van der Waals surface area contributed by atoms with Gasteiger partial charge in [-0.2, -0.15) is 0 Å². The summed E-state index contributed by atoms with van der Waals surface area (Å²) in [5, 5.41) is 4.15. The van der Waals surface area contributed by atoms with E-state index in [1.165, 1.54) is 6.26 Å². The highest BCUT2D eigenvalue weighted by Gasteiger charge is 2.48. The van der Waals surface area contributed by atoms with Crippen LogP contribution in [0.5, 0.6) is 0 Å². The van der Waals surface area contributed by atoms with Crippen molar-refractivity contribution in [3.63, 3.8) is 0 Å². The van der Waals surface area contributed by atoms with Gasteiger partial charge >= 0.3 is 0 Å². The molecule has 1 aliphatic heterocycles. The summed E-state index contributed by atoms with van der Waals surface area (Å²) in [7, 11) is -3.18. The largest absolute Gasteiger partial charge is 0.390 e. The van der Waals surface area contributed by atoms with Gasteiger partial charge in [-0.15, -0.1) is 0 Å². The summed E-state index contributed by atoms with van der Waals surface area (Å²) >= 11 is 0. The van der Waals surface area contributed by atoms with Crippen LogP contribution in [0.4, 0.5) is 0 Å². The van der Waals surface area contributed by atoms with Gasteiger partial charge in [0.2, 0.25) is 10.0 Å². The molecule has 6 heteroatoms. The molecule has 1 saturated carbocycles. The van der Waals surface area contributed by atoms with E-state index in [-0.39, 0.29) is 23.5 Å². The van der Waals surface area contributed by atoms with Gasteiger partial charge in [0.25, 0.3) is 0 Å². The molecule has 0 radical (unpaired) electrons. The van der Waals surface area contributed by atoms with Crippen LogP contribution in [0.25, 0.3) is 0 Å². The van der Waals surface area contributed by atoms with Gasteiger partial charge in [0.1, 0.15) is 0 Å². The normalized spacial score (nSPS) is 33.2. The lowest BCUT2D eigenvalue weighted by molar-refractivity contribution is 0.0595. The van der Waals surface area contributed by atoms with E-state index >= 15 is 0 Å². The second kappa shape index (κ2) is 3.95. The predicted molar refractivity (Wildman–Crippen MR) is 66.3 cm³/mol. The van der Waals surface area contributed by atoms with E-state index < -0.39 is 10.0 Å². The monoisotopic (exact) mass is 260 g/mol. The molecule has 2 aliphatic rings. The second-order valence-corrected chi connectivity index (χ2v) is 7.76. The fourth-order valence-electron chi connectivity index (χ4n) is 2.69. The molecular formula is C11H20N2O3S. The third-order valence-electron chi connectivity index (χ3n) is 3.34. The van der Waals surface area contributed by atoms with Gasteiger partial charge in [-0.1, -0.05) is 25.9 Å². The molecular weight excluding hydrogens is 240 g/mol. The minimum atomic E-state index is -3.18. The summed E-state index contributed by atoms with van der Waals surface area (Å²) in [6, 6.07) is -0.140. The molecule has 0 bridgehead atoms. The number of nitrogens with one attached hydrogen (secondary N) is 1. The molecule has 0 spiro atoms. The molecule has 0 aromatic heterocycles. The lowest BCUT2D eigenvalue weighted by Crippen LogP contribution is -2.42. The highest BCUT2D eigenvalue weighted by molar-refractivity contribution is 7.88. The van der Waals surface area contributed by atoms with Crippen LogP contribution in [0.1, 0.15) is 33.6 Å². The van der Waals surface area contributed by atoms with Crippen LogP contribution >= 0.6 is 0 Å². The third-order valence-corrected chi connectivity index (χ3v) is 4.07. The van der Waals surface area contributed by atoms with Gasteiger partial charge < -0.3 is 4.84 Å². The highest BCUT2D eigenvalue weighted by atomic mass is 32.2. The number of oxime groups is 1. The summed E-state index contributed by atoms with van der Waals surface area (Å²) in [6.07, 6.45) is 2.81. The minimum absolute atomic E-state index is 0.0145. The van der Waals surface area contributed by atoms with Crippen molar-refractivity contribution in [2.24, 2.45) is 16.5 Å². The molecule has 1 aliphatic carbocycles. The highest BCUT2D eigenvalue weighted by Crippen LogP contribution is 2.40. The predicted octanol–water partition coefficient (Wildman–Crippen LogP) is 1.12. The zero-order valence-electron chi connectivity index (χ0n) is 10.7. The van der Waals surface area contributed by atoms with Crippen LogP contribution in [0.2, 0.25) is 0 Å². The summed E-state index contributed by atoms with van der Waals surface area (Å²) in [5.74, 6) is 0.259. The van der Waals surface area contributed by atoms with Crippen molar-refractivity contribution in [1.82, 2.24) is 4.72 Å². The van der Waals surface area contributed by atoms with Gasteiger partial charge in [0, 0.05) is 11.3 Å². The summed E-state index contributed by atoms with van der Waals surface area (Å²) in [5.41, 5.74) is 1.04. The minimum Gasteiger partial charge on any atom is -0.390 e. The zero-order valence-corrected chi connectivity index (χ0v) is 11.5. The standard InChI is InChI=1S/C11H20N2O3S/c1-11(2,3)10-7-5-6-8(9(7)16-12-10)13-17(4,14)15/h7-9,13H,5-6H2,1-4H3/t7-,8+,9-/m1/s1. The number of rotatable bonds is 2. The Hall–Kier alpha value is -0.620. The van der Waals surface area contributed by atoms with Crippen molar-refractivity contribution >= 4 is 15.7 Å². The third kappa shape index (κ3) is 2.63. The van der Waals surface area contributed by atoms with Crippen LogP contribution in [0, 0.1) is 11.3 Å². The van der Waals surface area contributed by atoms with E-state index in [1.807, 2.05) is 0 Å². The average molecular weight is 260 g/mol. The van der Waals surface area contributed by atoms with Crippen molar-refractivity contribution in [1.29, 1.82) is 0 Å². The first-order valence-electron chi connectivity index (χ1n) is 5.90. The maximum atomic E-state index is 11.3. The van der Waals surface area contributed by atoms with Crippen LogP contribution < -0.4 is 4.72 Å². The Labute approximate surface area is 103 Å². The molecule has 0 unspecified atom stereocenters. The van der Waals surface area contributed by atoms with E-state index in [0.29, 0.717) is 0 Å². The number of nitrogens with zero attached hydrogens (tertiary/aromatic N) is 1. The smallest absolute Gasteiger partial charge is 0.209 e.